The number of nitrogens with one attached hydrogen (secondary N) is 1. The summed E-state index contributed by atoms with van der Waals surface area (Å²) in [6, 6.07) is 11.9. The van der Waals surface area contributed by atoms with Gasteiger partial charge in [0.1, 0.15) is 18.1 Å². The van der Waals surface area contributed by atoms with Crippen LogP contribution in [0, 0.1) is 5.92 Å². The van der Waals surface area contributed by atoms with Crippen LogP contribution in [0.1, 0.15) is 17.7 Å². The van der Waals surface area contributed by atoms with Crippen LogP contribution >= 0.6 is 0 Å². The van der Waals surface area contributed by atoms with E-state index in [9.17, 15) is 5.11 Å². The second kappa shape index (κ2) is 8.65. The number of benzene rings is 1. The highest BCUT2D eigenvalue weighted by Crippen LogP contribution is 2.26. The molecule has 2 aromatic rings. The molecule has 1 aliphatic carbocycles. The Bertz CT molecular complexity index is 703. The zero-order valence-electron chi connectivity index (χ0n) is 14.4. The third-order valence-corrected chi connectivity index (χ3v) is 4.33. The standard InChI is InChI=1S/C20H24N2O3/c1-24-19-7-8-20(25-14-18-4-2-3-9-21-18)16(11-19)12-22-17-6-5-15(10-17)13-23/h2-9,11,15,17,22-23H,10,12-14H2,1H3/t15-,17+/m0/s1. The fourth-order valence-corrected chi connectivity index (χ4v) is 2.90. The van der Waals surface area contributed by atoms with E-state index in [1.54, 1.807) is 13.3 Å². The van der Waals surface area contributed by atoms with Crippen LogP contribution in [-0.4, -0.2) is 29.8 Å². The summed E-state index contributed by atoms with van der Waals surface area (Å²) >= 11 is 0. The summed E-state index contributed by atoms with van der Waals surface area (Å²) in [5.41, 5.74) is 1.93. The SMILES string of the molecule is COc1ccc(OCc2ccccn2)c(CN[C@@H]2C=C[C@H](CO)C2)c1. The number of aromatic nitrogens is 1. The van der Waals surface area contributed by atoms with Gasteiger partial charge >= 0.3 is 0 Å². The molecule has 1 aromatic carbocycles. The van der Waals surface area contributed by atoms with Gasteiger partial charge in [-0.2, -0.15) is 0 Å². The molecule has 2 N–H and O–H groups in total. The monoisotopic (exact) mass is 340 g/mol. The molecule has 0 amide bonds. The molecule has 5 nitrogen and oxygen atoms in total. The van der Waals surface area contributed by atoms with Crippen molar-refractivity contribution >= 4 is 0 Å². The molecule has 1 aliphatic rings. The lowest BCUT2D eigenvalue weighted by Gasteiger charge is -2.16. The largest absolute Gasteiger partial charge is 0.497 e. The Hall–Kier alpha value is -2.37. The van der Waals surface area contributed by atoms with Crippen molar-refractivity contribution in [3.8, 4) is 11.5 Å². The van der Waals surface area contributed by atoms with Crippen LogP contribution in [0.15, 0.2) is 54.7 Å². The highest BCUT2D eigenvalue weighted by atomic mass is 16.5. The summed E-state index contributed by atoms with van der Waals surface area (Å²) in [6.07, 6.45) is 6.88. The van der Waals surface area contributed by atoms with Crippen molar-refractivity contribution in [2.45, 2.75) is 25.6 Å². The van der Waals surface area contributed by atoms with E-state index >= 15 is 0 Å². The van der Waals surface area contributed by atoms with Gasteiger partial charge in [0.2, 0.25) is 0 Å². The second-order valence-electron chi connectivity index (χ2n) is 6.13. The number of aliphatic hydroxyl groups is 1. The first-order valence-electron chi connectivity index (χ1n) is 8.50. The molecular formula is C20H24N2O3. The molecule has 25 heavy (non-hydrogen) atoms. The number of pyridine rings is 1. The van der Waals surface area contributed by atoms with Crippen LogP contribution in [0.25, 0.3) is 0 Å². The molecule has 5 heteroatoms. The predicted octanol–water partition coefficient (Wildman–Crippen LogP) is 2.70. The number of aliphatic hydroxyl groups excluding tert-OH is 1. The summed E-state index contributed by atoms with van der Waals surface area (Å²) in [5, 5.41) is 12.7. The summed E-state index contributed by atoms with van der Waals surface area (Å²) in [4.78, 5) is 4.29. The molecule has 0 fully saturated rings. The molecule has 0 saturated carbocycles. The molecule has 1 heterocycles. The van der Waals surface area contributed by atoms with Gasteiger partial charge in [-0.3, -0.25) is 4.98 Å². The molecule has 0 radical (unpaired) electrons. The molecule has 0 saturated heterocycles. The van der Waals surface area contributed by atoms with Gasteiger partial charge in [-0.1, -0.05) is 18.2 Å². The fraction of sp³-hybridized carbons (Fsp3) is 0.350. The van der Waals surface area contributed by atoms with E-state index in [2.05, 4.69) is 22.5 Å². The number of nitrogens with zero attached hydrogens (tertiary/aromatic N) is 1. The zero-order valence-corrected chi connectivity index (χ0v) is 14.4. The predicted molar refractivity (Wildman–Crippen MR) is 96.5 cm³/mol. The second-order valence-corrected chi connectivity index (χ2v) is 6.13. The van der Waals surface area contributed by atoms with E-state index < -0.39 is 0 Å². The number of ether oxygens (including phenoxy) is 2. The van der Waals surface area contributed by atoms with Crippen molar-refractivity contribution in [3.05, 3.63) is 66.0 Å². The quantitative estimate of drug-likeness (QED) is 0.724. The first-order chi connectivity index (χ1) is 12.3. The lowest BCUT2D eigenvalue weighted by Crippen LogP contribution is -2.26. The van der Waals surface area contributed by atoms with Gasteiger partial charge in [0.05, 0.1) is 12.8 Å². The number of hydrogen-bond donors (Lipinski definition) is 2. The van der Waals surface area contributed by atoms with Gasteiger partial charge in [-0.05, 0) is 36.8 Å². The van der Waals surface area contributed by atoms with Crippen LogP contribution in [-0.2, 0) is 13.2 Å². The summed E-state index contributed by atoms with van der Waals surface area (Å²) in [6.45, 7) is 1.30. The highest BCUT2D eigenvalue weighted by molar-refractivity contribution is 5.40. The zero-order chi connectivity index (χ0) is 17.5. The van der Waals surface area contributed by atoms with Crippen molar-refractivity contribution in [3.63, 3.8) is 0 Å². The maximum atomic E-state index is 9.24. The Kier molecular flexibility index (Phi) is 6.04. The average molecular weight is 340 g/mol. The third kappa shape index (κ3) is 4.81. The van der Waals surface area contributed by atoms with Crippen molar-refractivity contribution in [2.75, 3.05) is 13.7 Å². The van der Waals surface area contributed by atoms with Crippen molar-refractivity contribution < 1.29 is 14.6 Å². The van der Waals surface area contributed by atoms with Gasteiger partial charge in [-0.25, -0.2) is 0 Å². The summed E-state index contributed by atoms with van der Waals surface area (Å²) in [5.74, 6) is 1.87. The van der Waals surface area contributed by atoms with Crippen LogP contribution < -0.4 is 14.8 Å². The highest BCUT2D eigenvalue weighted by Gasteiger charge is 2.18. The van der Waals surface area contributed by atoms with Gasteiger partial charge in [-0.15, -0.1) is 0 Å². The minimum atomic E-state index is 0.201. The van der Waals surface area contributed by atoms with Crippen LogP contribution in [0.5, 0.6) is 11.5 Å². The van der Waals surface area contributed by atoms with Crippen molar-refractivity contribution in [2.24, 2.45) is 5.92 Å². The smallest absolute Gasteiger partial charge is 0.130 e. The van der Waals surface area contributed by atoms with E-state index in [1.165, 1.54) is 0 Å². The molecule has 3 rings (SSSR count). The van der Waals surface area contributed by atoms with E-state index in [4.69, 9.17) is 9.47 Å². The molecule has 1 aromatic heterocycles. The third-order valence-electron chi connectivity index (χ3n) is 4.33. The Morgan fingerprint density at radius 2 is 2.16 bits per heavy atom. The van der Waals surface area contributed by atoms with Gasteiger partial charge < -0.3 is 19.9 Å². The molecule has 0 bridgehead atoms. The number of hydrogen-bond acceptors (Lipinski definition) is 5. The Morgan fingerprint density at radius 3 is 2.88 bits per heavy atom. The Morgan fingerprint density at radius 1 is 1.24 bits per heavy atom. The maximum absolute atomic E-state index is 9.24. The first-order valence-corrected chi connectivity index (χ1v) is 8.50. The van der Waals surface area contributed by atoms with Gasteiger partial charge in [0.25, 0.3) is 0 Å². The molecule has 132 valence electrons. The molecule has 0 spiro atoms. The average Bonchev–Trinajstić information content (AvgIpc) is 3.14. The molecular weight excluding hydrogens is 316 g/mol. The minimum absolute atomic E-state index is 0.201. The number of rotatable bonds is 8. The fourth-order valence-electron chi connectivity index (χ4n) is 2.90. The van der Waals surface area contributed by atoms with E-state index in [-0.39, 0.29) is 18.6 Å². The minimum Gasteiger partial charge on any atom is -0.497 e. The van der Waals surface area contributed by atoms with E-state index in [1.807, 2.05) is 36.4 Å². The van der Waals surface area contributed by atoms with Crippen molar-refractivity contribution in [1.29, 1.82) is 0 Å². The van der Waals surface area contributed by atoms with Gasteiger partial charge in [0.15, 0.2) is 0 Å². The normalized spacial score (nSPS) is 19.1. The molecule has 0 unspecified atom stereocenters. The lowest BCUT2D eigenvalue weighted by atomic mass is 10.1. The van der Waals surface area contributed by atoms with Crippen LogP contribution in [0.2, 0.25) is 0 Å². The topological polar surface area (TPSA) is 63.6 Å². The maximum Gasteiger partial charge on any atom is 0.130 e. The lowest BCUT2D eigenvalue weighted by molar-refractivity contribution is 0.246. The van der Waals surface area contributed by atoms with Crippen LogP contribution in [0.3, 0.4) is 0 Å². The molecule has 2 atom stereocenters. The summed E-state index contributed by atoms with van der Waals surface area (Å²) in [7, 11) is 1.66. The van der Waals surface area contributed by atoms with Crippen LogP contribution in [0.4, 0.5) is 0 Å². The van der Waals surface area contributed by atoms with Gasteiger partial charge in [0, 0.05) is 36.9 Å². The number of methoxy groups -OCH3 is 1. The van der Waals surface area contributed by atoms with Crippen molar-refractivity contribution in [1.82, 2.24) is 10.3 Å². The Labute approximate surface area is 148 Å². The van der Waals surface area contributed by atoms with E-state index in [0.717, 1.165) is 29.2 Å². The molecule has 0 aliphatic heterocycles. The Balaban J connectivity index is 1.65. The van der Waals surface area contributed by atoms with E-state index in [0.29, 0.717) is 13.2 Å². The first kappa shape index (κ1) is 17.5. The summed E-state index contributed by atoms with van der Waals surface area (Å²) < 4.78 is 11.3.